The van der Waals surface area contributed by atoms with Gasteiger partial charge in [0, 0.05) is 16.7 Å². The van der Waals surface area contributed by atoms with E-state index in [0.717, 1.165) is 17.3 Å². The van der Waals surface area contributed by atoms with Gasteiger partial charge in [-0.1, -0.05) is 40.9 Å². The zero-order valence-electron chi connectivity index (χ0n) is 14.7. The van der Waals surface area contributed by atoms with Gasteiger partial charge in [-0.2, -0.15) is 0 Å². The van der Waals surface area contributed by atoms with E-state index in [1.807, 2.05) is 6.92 Å². The van der Waals surface area contributed by atoms with Crippen LogP contribution in [0.15, 0.2) is 51.8 Å². The molecule has 2 N–H and O–H groups in total. The Balaban J connectivity index is 1.95. The topological polar surface area (TPSA) is 84.5 Å². The molecule has 0 unspecified atom stereocenters. The minimum absolute atomic E-state index is 0.0512. The third kappa shape index (κ3) is 6.80. The minimum Gasteiger partial charge on any atom is -0.482 e. The number of nitrogens with one attached hydrogen (secondary N) is 2. The third-order valence-corrected chi connectivity index (χ3v) is 5.81. The second kappa shape index (κ2) is 10.1. The van der Waals surface area contributed by atoms with Crippen LogP contribution in [-0.2, 0) is 14.8 Å². The largest absolute Gasteiger partial charge is 0.482 e. The number of anilines is 1. The molecule has 2 aromatic rings. The molecule has 0 atom stereocenters. The number of amides is 1. The van der Waals surface area contributed by atoms with E-state index in [9.17, 15) is 13.2 Å². The summed E-state index contributed by atoms with van der Waals surface area (Å²) in [6.45, 7) is 2.09. The number of hydrogen-bond acceptors (Lipinski definition) is 4. The Morgan fingerprint density at radius 1 is 1.19 bits per heavy atom. The summed E-state index contributed by atoms with van der Waals surface area (Å²) in [6, 6.07) is 11.2. The first-order valence-corrected chi connectivity index (χ1v) is 10.9. The molecule has 2 rings (SSSR count). The fourth-order valence-electron chi connectivity index (χ4n) is 2.11. The molecule has 0 aromatic heterocycles. The molecule has 6 nitrogen and oxygen atoms in total. The lowest BCUT2D eigenvalue weighted by Gasteiger charge is -2.11. The van der Waals surface area contributed by atoms with E-state index < -0.39 is 10.0 Å². The molecule has 0 saturated carbocycles. The molecule has 0 heterocycles. The summed E-state index contributed by atoms with van der Waals surface area (Å²) in [6.07, 6.45) is 1.64. The van der Waals surface area contributed by atoms with Crippen LogP contribution in [0.2, 0.25) is 5.02 Å². The maximum atomic E-state index is 12.2. The molecular weight excluding hydrogens is 456 g/mol. The smallest absolute Gasteiger partial charge is 0.262 e. The van der Waals surface area contributed by atoms with E-state index in [1.54, 1.807) is 24.3 Å². The van der Waals surface area contributed by atoms with E-state index in [4.69, 9.17) is 16.3 Å². The Bertz CT molecular complexity index is 889. The van der Waals surface area contributed by atoms with Crippen molar-refractivity contribution in [3.63, 3.8) is 0 Å². The summed E-state index contributed by atoms with van der Waals surface area (Å²) >= 11 is 9.42. The lowest BCUT2D eigenvalue weighted by molar-refractivity contribution is -0.118. The molecule has 0 aliphatic heterocycles. The number of carbonyl (C=O) groups excluding carboxylic acids is 1. The SMILES string of the molecule is CCCCNS(=O)(=O)c1ccc(OCC(=O)Nc2ccc(Br)cc2)c(Cl)c1. The van der Waals surface area contributed by atoms with E-state index in [-0.39, 0.29) is 28.2 Å². The lowest BCUT2D eigenvalue weighted by atomic mass is 10.3. The number of hydrogen-bond donors (Lipinski definition) is 2. The molecule has 0 spiro atoms. The Kier molecular flexibility index (Phi) is 8.09. The number of unbranched alkanes of at least 4 members (excludes halogenated alkanes) is 1. The molecular formula is C18H20BrClN2O4S. The molecule has 0 radical (unpaired) electrons. The van der Waals surface area contributed by atoms with Crippen molar-refractivity contribution in [1.29, 1.82) is 0 Å². The van der Waals surface area contributed by atoms with Gasteiger partial charge in [0.1, 0.15) is 5.75 Å². The van der Waals surface area contributed by atoms with Gasteiger partial charge in [0.2, 0.25) is 10.0 Å². The number of ether oxygens (including phenoxy) is 1. The maximum absolute atomic E-state index is 12.2. The minimum atomic E-state index is -3.62. The van der Waals surface area contributed by atoms with Crippen LogP contribution in [-0.4, -0.2) is 27.5 Å². The second-order valence-electron chi connectivity index (χ2n) is 5.69. The van der Waals surface area contributed by atoms with Crippen LogP contribution in [0, 0.1) is 0 Å². The molecule has 0 fully saturated rings. The van der Waals surface area contributed by atoms with Crippen molar-refractivity contribution in [3.05, 3.63) is 52.0 Å². The second-order valence-corrected chi connectivity index (χ2v) is 8.78. The Hall–Kier alpha value is -1.61. The van der Waals surface area contributed by atoms with Crippen LogP contribution in [0.4, 0.5) is 5.69 Å². The van der Waals surface area contributed by atoms with Crippen molar-refractivity contribution in [1.82, 2.24) is 4.72 Å². The summed E-state index contributed by atoms with van der Waals surface area (Å²) < 4.78 is 33.2. The zero-order chi connectivity index (χ0) is 19.9. The highest BCUT2D eigenvalue weighted by Gasteiger charge is 2.16. The van der Waals surface area contributed by atoms with Gasteiger partial charge in [0.15, 0.2) is 6.61 Å². The van der Waals surface area contributed by atoms with Crippen molar-refractivity contribution < 1.29 is 17.9 Å². The molecule has 9 heteroatoms. The molecule has 2 aromatic carbocycles. The molecule has 0 bridgehead atoms. The maximum Gasteiger partial charge on any atom is 0.262 e. The number of carbonyl (C=O) groups is 1. The molecule has 146 valence electrons. The number of sulfonamides is 1. The summed E-state index contributed by atoms with van der Waals surface area (Å²) in [7, 11) is -3.62. The van der Waals surface area contributed by atoms with E-state index in [1.165, 1.54) is 18.2 Å². The first-order chi connectivity index (χ1) is 12.8. The predicted molar refractivity (Wildman–Crippen MR) is 110 cm³/mol. The van der Waals surface area contributed by atoms with Gasteiger partial charge >= 0.3 is 0 Å². The van der Waals surface area contributed by atoms with Gasteiger partial charge in [-0.05, 0) is 48.9 Å². The first-order valence-electron chi connectivity index (χ1n) is 8.29. The molecule has 1 amide bonds. The predicted octanol–water partition coefficient (Wildman–Crippen LogP) is 4.20. The van der Waals surface area contributed by atoms with E-state index >= 15 is 0 Å². The lowest BCUT2D eigenvalue weighted by Crippen LogP contribution is -2.24. The van der Waals surface area contributed by atoms with Crippen LogP contribution in [0.25, 0.3) is 0 Å². The van der Waals surface area contributed by atoms with Gasteiger partial charge < -0.3 is 10.1 Å². The van der Waals surface area contributed by atoms with Gasteiger partial charge in [-0.15, -0.1) is 0 Å². The van der Waals surface area contributed by atoms with Crippen LogP contribution in [0.1, 0.15) is 19.8 Å². The summed E-state index contributed by atoms with van der Waals surface area (Å²) in [5.74, 6) is -0.124. The van der Waals surface area contributed by atoms with Gasteiger partial charge in [-0.3, -0.25) is 4.79 Å². The highest BCUT2D eigenvalue weighted by molar-refractivity contribution is 9.10. The highest BCUT2D eigenvalue weighted by atomic mass is 79.9. The number of halogens is 2. The van der Waals surface area contributed by atoms with Gasteiger partial charge in [0.05, 0.1) is 9.92 Å². The number of rotatable bonds is 9. The van der Waals surface area contributed by atoms with Crippen LogP contribution < -0.4 is 14.8 Å². The van der Waals surface area contributed by atoms with E-state index in [2.05, 4.69) is 26.0 Å². The van der Waals surface area contributed by atoms with Crippen LogP contribution in [0.5, 0.6) is 5.75 Å². The van der Waals surface area contributed by atoms with Gasteiger partial charge in [-0.25, -0.2) is 13.1 Å². The van der Waals surface area contributed by atoms with E-state index in [0.29, 0.717) is 12.2 Å². The average Bonchev–Trinajstić information content (AvgIpc) is 2.62. The standard InChI is InChI=1S/C18H20BrClN2O4S/c1-2-3-10-21-27(24,25)15-8-9-17(16(20)11-15)26-12-18(23)22-14-6-4-13(19)5-7-14/h4-9,11,21H,2-3,10,12H2,1H3,(H,22,23). The first kappa shape index (κ1) is 21.7. The van der Waals surface area contributed by atoms with Crippen molar-refractivity contribution in [2.24, 2.45) is 0 Å². The van der Waals surface area contributed by atoms with Crippen LogP contribution >= 0.6 is 27.5 Å². The van der Waals surface area contributed by atoms with Gasteiger partial charge in [0.25, 0.3) is 5.91 Å². The zero-order valence-corrected chi connectivity index (χ0v) is 17.8. The molecule has 0 aliphatic carbocycles. The summed E-state index contributed by atoms with van der Waals surface area (Å²) in [4.78, 5) is 12.0. The van der Waals surface area contributed by atoms with Crippen molar-refractivity contribution >= 4 is 49.1 Å². The average molecular weight is 476 g/mol. The Morgan fingerprint density at radius 2 is 1.89 bits per heavy atom. The van der Waals surface area contributed by atoms with Crippen molar-refractivity contribution in [2.45, 2.75) is 24.7 Å². The van der Waals surface area contributed by atoms with Crippen molar-refractivity contribution in [3.8, 4) is 5.75 Å². The molecule has 0 aliphatic rings. The quantitative estimate of drug-likeness (QED) is 0.532. The van der Waals surface area contributed by atoms with Crippen LogP contribution in [0.3, 0.4) is 0 Å². The third-order valence-electron chi connectivity index (χ3n) is 3.52. The normalized spacial score (nSPS) is 11.2. The fraction of sp³-hybridized carbons (Fsp3) is 0.278. The molecule has 27 heavy (non-hydrogen) atoms. The highest BCUT2D eigenvalue weighted by Crippen LogP contribution is 2.27. The fourth-order valence-corrected chi connectivity index (χ4v) is 3.77. The van der Waals surface area contributed by atoms with Crippen molar-refractivity contribution in [2.75, 3.05) is 18.5 Å². The monoisotopic (exact) mass is 474 g/mol. The summed E-state index contributed by atoms with van der Waals surface area (Å²) in [5, 5.41) is 2.80. The summed E-state index contributed by atoms with van der Waals surface area (Å²) in [5.41, 5.74) is 0.637. The number of benzene rings is 2. The Labute approximate surface area is 172 Å². The Morgan fingerprint density at radius 3 is 2.52 bits per heavy atom. The molecule has 0 saturated heterocycles.